The van der Waals surface area contributed by atoms with Gasteiger partial charge in [0.05, 0.1) is 24.9 Å². The summed E-state index contributed by atoms with van der Waals surface area (Å²) in [5.74, 6) is 0.195. The first-order valence-corrected chi connectivity index (χ1v) is 13.3. The molecule has 1 amide bonds. The number of hydrogen-bond donors (Lipinski definition) is 2. The van der Waals surface area contributed by atoms with Gasteiger partial charge < -0.3 is 19.9 Å². The van der Waals surface area contributed by atoms with Gasteiger partial charge >= 0.3 is 0 Å². The van der Waals surface area contributed by atoms with E-state index in [1.165, 1.54) is 0 Å². The molecule has 2 unspecified atom stereocenters. The van der Waals surface area contributed by atoms with E-state index in [1.807, 2.05) is 30.0 Å². The van der Waals surface area contributed by atoms with Gasteiger partial charge in [0.1, 0.15) is 12.0 Å². The smallest absolute Gasteiger partial charge is 0.229 e. The minimum absolute atomic E-state index is 0.0145. The number of nitrogens with zero attached hydrogens (tertiary/aromatic N) is 2. The molecule has 9 heteroatoms. The highest BCUT2D eigenvalue weighted by atomic mass is 35.5. The van der Waals surface area contributed by atoms with Gasteiger partial charge in [0.25, 0.3) is 0 Å². The number of piperidine rings is 1. The van der Waals surface area contributed by atoms with Crippen LogP contribution in [0, 0.1) is 11.3 Å². The Balaban J connectivity index is 1.18. The van der Waals surface area contributed by atoms with E-state index in [-0.39, 0.29) is 36.3 Å². The van der Waals surface area contributed by atoms with Crippen LogP contribution in [0.5, 0.6) is 0 Å². The number of alkyl halides is 1. The average molecular weight is 518 g/mol. The number of anilines is 1. The number of hydrogen-bond acceptors (Lipinski definition) is 6. The van der Waals surface area contributed by atoms with E-state index in [4.69, 9.17) is 21.1 Å². The summed E-state index contributed by atoms with van der Waals surface area (Å²) in [4.78, 5) is 19.3. The molecule has 1 saturated carbocycles. The molecule has 2 aromatic rings. The van der Waals surface area contributed by atoms with E-state index in [1.54, 1.807) is 6.20 Å². The number of carbonyl (C=O) groups excluding carboxylic acids is 1. The maximum absolute atomic E-state index is 15.5. The molecule has 3 saturated heterocycles. The minimum Gasteiger partial charge on any atom is -0.389 e. The number of aliphatic hydroxyl groups excluding tert-OH is 1. The fourth-order valence-corrected chi connectivity index (χ4v) is 6.78. The lowest BCUT2D eigenvalue weighted by atomic mass is 9.84. The van der Waals surface area contributed by atoms with Gasteiger partial charge in [-0.1, -0.05) is 11.6 Å². The Hall–Kier alpha value is -1.84. The van der Waals surface area contributed by atoms with Crippen molar-refractivity contribution in [2.24, 2.45) is 11.3 Å². The van der Waals surface area contributed by atoms with Crippen LogP contribution in [0.4, 0.5) is 10.2 Å². The number of benzene rings is 1. The van der Waals surface area contributed by atoms with E-state index in [9.17, 15) is 9.90 Å². The van der Waals surface area contributed by atoms with Gasteiger partial charge in [-0.25, -0.2) is 9.37 Å². The quantitative estimate of drug-likeness (QED) is 0.639. The van der Waals surface area contributed by atoms with Crippen LogP contribution in [0.3, 0.4) is 0 Å². The fraction of sp³-hybridized carbons (Fsp3) is 0.630. The maximum atomic E-state index is 15.5. The standard InChI is InChI=1S/C27H33ClFN3O4/c1-26(15-36-14-23(26)33)32-5-2-18(22(29)13-32)19-8-16-10-24(30-12-17(16)9-21(19)28)31-25(34)20-11-27(20)3-6-35-7-4-27/h8-10,12,18,20,22-23,33H,2-7,11,13-15H2,1H3,(H,30,31,34)/t18-,20-,22+,23?,26?/m0/s1. The Kier molecular flexibility index (Phi) is 6.24. The number of aliphatic hydroxyl groups is 1. The number of carbonyl (C=O) groups is 1. The van der Waals surface area contributed by atoms with Gasteiger partial charge in [0, 0.05) is 48.2 Å². The third-order valence-corrected chi connectivity index (χ3v) is 9.46. The SMILES string of the molecule is CC1(N2CC[C@@H](c3cc4cc(NC(=O)[C@@H]5CC56CCOCC6)ncc4cc3Cl)[C@H](F)C2)COCC1O. The Labute approximate surface area is 215 Å². The molecule has 1 spiro atoms. The highest BCUT2D eigenvalue weighted by molar-refractivity contribution is 6.32. The lowest BCUT2D eigenvalue weighted by Crippen LogP contribution is -2.58. The number of likely N-dealkylation sites (tertiary alicyclic amines) is 1. The Morgan fingerprint density at radius 3 is 2.78 bits per heavy atom. The first kappa shape index (κ1) is 24.5. The van der Waals surface area contributed by atoms with Crippen molar-refractivity contribution in [3.05, 3.63) is 35.0 Å². The molecule has 4 fully saturated rings. The number of amides is 1. The summed E-state index contributed by atoms with van der Waals surface area (Å²) in [7, 11) is 0. The summed E-state index contributed by atoms with van der Waals surface area (Å²) in [6.07, 6.45) is 3.34. The molecule has 4 aliphatic rings. The summed E-state index contributed by atoms with van der Waals surface area (Å²) >= 11 is 6.62. The van der Waals surface area contributed by atoms with Gasteiger partial charge in [-0.05, 0) is 73.7 Å². The monoisotopic (exact) mass is 517 g/mol. The minimum atomic E-state index is -1.12. The zero-order chi connectivity index (χ0) is 25.1. The molecule has 1 aromatic heterocycles. The summed E-state index contributed by atoms with van der Waals surface area (Å²) in [6.45, 7) is 4.96. The van der Waals surface area contributed by atoms with Crippen molar-refractivity contribution in [1.29, 1.82) is 0 Å². The molecule has 0 radical (unpaired) electrons. The third-order valence-electron chi connectivity index (χ3n) is 9.13. The van der Waals surface area contributed by atoms with Gasteiger partial charge in [-0.2, -0.15) is 0 Å². The molecule has 1 aliphatic carbocycles. The third kappa shape index (κ3) is 4.21. The van der Waals surface area contributed by atoms with Crippen LogP contribution in [0.2, 0.25) is 5.02 Å². The number of rotatable bonds is 4. The van der Waals surface area contributed by atoms with Crippen LogP contribution in [0.15, 0.2) is 24.4 Å². The van der Waals surface area contributed by atoms with Crippen LogP contribution in [-0.4, -0.2) is 78.2 Å². The van der Waals surface area contributed by atoms with Crippen molar-refractivity contribution in [2.75, 3.05) is 44.8 Å². The van der Waals surface area contributed by atoms with Crippen LogP contribution in [0.1, 0.15) is 44.1 Å². The van der Waals surface area contributed by atoms with Crippen LogP contribution >= 0.6 is 11.6 Å². The fourth-order valence-electron chi connectivity index (χ4n) is 6.47. The summed E-state index contributed by atoms with van der Waals surface area (Å²) in [5.41, 5.74) is 0.311. The number of pyridine rings is 1. The molecule has 6 rings (SSSR count). The summed E-state index contributed by atoms with van der Waals surface area (Å²) < 4.78 is 26.4. The van der Waals surface area contributed by atoms with E-state index >= 15 is 4.39 Å². The second-order valence-corrected chi connectivity index (χ2v) is 11.7. The van der Waals surface area contributed by atoms with Gasteiger partial charge in [0.2, 0.25) is 5.91 Å². The number of fused-ring (bicyclic) bond motifs is 1. The van der Waals surface area contributed by atoms with Crippen molar-refractivity contribution < 1.29 is 23.8 Å². The normalized spacial score (nSPS) is 34.2. The van der Waals surface area contributed by atoms with E-state index in [0.29, 0.717) is 30.4 Å². The largest absolute Gasteiger partial charge is 0.389 e. The van der Waals surface area contributed by atoms with Crippen molar-refractivity contribution in [2.45, 2.75) is 56.3 Å². The highest BCUT2D eigenvalue weighted by Crippen LogP contribution is 2.59. The second-order valence-electron chi connectivity index (χ2n) is 11.3. The predicted octanol–water partition coefficient (Wildman–Crippen LogP) is 3.92. The molecule has 194 valence electrons. The van der Waals surface area contributed by atoms with Gasteiger partial charge in [-0.3, -0.25) is 9.69 Å². The molecule has 4 heterocycles. The lowest BCUT2D eigenvalue weighted by Gasteiger charge is -2.45. The molecule has 5 atom stereocenters. The maximum Gasteiger partial charge on any atom is 0.229 e. The number of ether oxygens (including phenoxy) is 2. The molecule has 2 N–H and O–H groups in total. The van der Waals surface area contributed by atoms with Crippen LogP contribution in [-0.2, 0) is 14.3 Å². The first-order valence-electron chi connectivity index (χ1n) is 12.9. The first-order chi connectivity index (χ1) is 17.3. The van der Waals surface area contributed by atoms with Crippen molar-refractivity contribution in [3.8, 4) is 0 Å². The van der Waals surface area contributed by atoms with Crippen LogP contribution < -0.4 is 5.32 Å². The topological polar surface area (TPSA) is 83.9 Å². The lowest BCUT2D eigenvalue weighted by molar-refractivity contribution is -0.118. The Morgan fingerprint density at radius 1 is 1.25 bits per heavy atom. The van der Waals surface area contributed by atoms with Crippen molar-refractivity contribution in [1.82, 2.24) is 9.88 Å². The van der Waals surface area contributed by atoms with Gasteiger partial charge in [0.15, 0.2) is 0 Å². The molecule has 36 heavy (non-hydrogen) atoms. The second kappa shape index (κ2) is 9.17. The molecule has 1 aromatic carbocycles. The van der Waals surface area contributed by atoms with Crippen molar-refractivity contribution >= 4 is 34.1 Å². The molecule has 3 aliphatic heterocycles. The molecule has 7 nitrogen and oxygen atoms in total. The van der Waals surface area contributed by atoms with E-state index in [0.717, 1.165) is 48.8 Å². The molecular formula is C27H33ClFN3O4. The van der Waals surface area contributed by atoms with Crippen molar-refractivity contribution in [3.63, 3.8) is 0 Å². The van der Waals surface area contributed by atoms with Gasteiger partial charge in [-0.15, -0.1) is 0 Å². The van der Waals surface area contributed by atoms with E-state index < -0.39 is 17.8 Å². The zero-order valence-electron chi connectivity index (χ0n) is 20.5. The zero-order valence-corrected chi connectivity index (χ0v) is 21.3. The molecular weight excluding hydrogens is 485 g/mol. The Bertz CT molecular complexity index is 1180. The Morgan fingerprint density at radius 2 is 2.06 bits per heavy atom. The number of nitrogens with one attached hydrogen (secondary N) is 1. The van der Waals surface area contributed by atoms with Crippen LogP contribution in [0.25, 0.3) is 10.8 Å². The summed E-state index contributed by atoms with van der Waals surface area (Å²) in [5, 5.41) is 15.6. The number of aromatic nitrogens is 1. The van der Waals surface area contributed by atoms with E-state index in [2.05, 4.69) is 10.3 Å². The highest BCUT2D eigenvalue weighted by Gasteiger charge is 2.58. The molecule has 0 bridgehead atoms. The summed E-state index contributed by atoms with van der Waals surface area (Å²) in [6, 6.07) is 5.62. The average Bonchev–Trinajstić information content (AvgIpc) is 3.44. The number of halogens is 2. The predicted molar refractivity (Wildman–Crippen MR) is 135 cm³/mol.